The van der Waals surface area contributed by atoms with Crippen LogP contribution >= 0.6 is 15.9 Å². The number of amides is 2. The second-order valence-electron chi connectivity index (χ2n) is 9.43. The third kappa shape index (κ3) is 7.08. The van der Waals surface area contributed by atoms with Crippen LogP contribution in [0, 0.1) is 20.8 Å². The standard InChI is InChI=1S/C28H37BrN2O3/c1-5-25(28(33)30-23-9-7-6-8-10-23)31(17-22-13-11-19(2)12-14-22)26(32)18-34-24-15-20(3)27(29)21(4)16-24/h11-16,23,25H,5-10,17-18H2,1-4H3,(H,30,33)/t25-/m0/s1. The van der Waals surface area contributed by atoms with E-state index in [9.17, 15) is 9.59 Å². The van der Waals surface area contributed by atoms with Crippen LogP contribution in [0.25, 0.3) is 0 Å². The predicted molar refractivity (Wildman–Crippen MR) is 140 cm³/mol. The number of carbonyl (C=O) groups is 2. The smallest absolute Gasteiger partial charge is 0.261 e. The van der Waals surface area contributed by atoms with Gasteiger partial charge in [0.15, 0.2) is 6.61 Å². The zero-order valence-electron chi connectivity index (χ0n) is 20.8. The summed E-state index contributed by atoms with van der Waals surface area (Å²) in [5, 5.41) is 3.22. The largest absolute Gasteiger partial charge is 0.484 e. The molecule has 5 nitrogen and oxygen atoms in total. The van der Waals surface area contributed by atoms with Crippen LogP contribution < -0.4 is 10.1 Å². The lowest BCUT2D eigenvalue weighted by Gasteiger charge is -2.32. The number of halogens is 1. The van der Waals surface area contributed by atoms with Gasteiger partial charge < -0.3 is 15.0 Å². The molecule has 6 heteroatoms. The van der Waals surface area contributed by atoms with E-state index in [1.54, 1.807) is 4.90 Å². The zero-order valence-corrected chi connectivity index (χ0v) is 22.4. The fraction of sp³-hybridized carbons (Fsp3) is 0.500. The molecule has 1 N–H and O–H groups in total. The van der Waals surface area contributed by atoms with Crippen molar-refractivity contribution >= 4 is 27.7 Å². The maximum atomic E-state index is 13.4. The number of hydrogen-bond acceptors (Lipinski definition) is 3. The molecule has 0 bridgehead atoms. The SMILES string of the molecule is CC[C@@H](C(=O)NC1CCCCC1)N(Cc1ccc(C)cc1)C(=O)COc1cc(C)c(Br)c(C)c1. The Bertz CT molecular complexity index is 961. The Morgan fingerprint density at radius 3 is 2.26 bits per heavy atom. The molecule has 0 aromatic heterocycles. The van der Waals surface area contributed by atoms with Crippen molar-refractivity contribution in [3.63, 3.8) is 0 Å². The Balaban J connectivity index is 1.77. The maximum Gasteiger partial charge on any atom is 0.261 e. The van der Waals surface area contributed by atoms with Crippen LogP contribution in [-0.2, 0) is 16.1 Å². The fourth-order valence-corrected chi connectivity index (χ4v) is 4.80. The van der Waals surface area contributed by atoms with E-state index in [1.807, 2.05) is 64.1 Å². The quantitative estimate of drug-likeness (QED) is 0.433. The molecule has 0 heterocycles. The molecule has 3 rings (SSSR count). The van der Waals surface area contributed by atoms with Crippen molar-refractivity contribution < 1.29 is 14.3 Å². The van der Waals surface area contributed by atoms with Crippen molar-refractivity contribution in [1.29, 1.82) is 0 Å². The summed E-state index contributed by atoms with van der Waals surface area (Å²) in [6.45, 7) is 8.26. The monoisotopic (exact) mass is 528 g/mol. The van der Waals surface area contributed by atoms with E-state index in [4.69, 9.17) is 4.74 Å². The number of aryl methyl sites for hydroxylation is 3. The van der Waals surface area contributed by atoms with Crippen molar-refractivity contribution in [3.8, 4) is 5.75 Å². The normalized spacial score (nSPS) is 15.0. The fourth-order valence-electron chi connectivity index (χ4n) is 4.57. The van der Waals surface area contributed by atoms with Gasteiger partial charge in [0.2, 0.25) is 5.91 Å². The molecular weight excluding hydrogens is 492 g/mol. The highest BCUT2D eigenvalue weighted by atomic mass is 79.9. The summed E-state index contributed by atoms with van der Waals surface area (Å²) in [4.78, 5) is 28.4. The average molecular weight is 530 g/mol. The lowest BCUT2D eigenvalue weighted by atomic mass is 9.95. The third-order valence-electron chi connectivity index (χ3n) is 6.58. The number of carbonyl (C=O) groups excluding carboxylic acids is 2. The van der Waals surface area contributed by atoms with Gasteiger partial charge in [-0.1, -0.05) is 71.9 Å². The van der Waals surface area contributed by atoms with Gasteiger partial charge in [0, 0.05) is 17.1 Å². The Morgan fingerprint density at radius 2 is 1.68 bits per heavy atom. The molecule has 2 aromatic carbocycles. The van der Waals surface area contributed by atoms with E-state index in [0.29, 0.717) is 18.7 Å². The Kier molecular flexibility index (Phi) is 9.57. The van der Waals surface area contributed by atoms with Crippen molar-refractivity contribution in [1.82, 2.24) is 10.2 Å². The summed E-state index contributed by atoms with van der Waals surface area (Å²) in [6.07, 6.45) is 6.10. The van der Waals surface area contributed by atoms with Gasteiger partial charge in [-0.2, -0.15) is 0 Å². The van der Waals surface area contributed by atoms with Crippen LogP contribution in [0.1, 0.15) is 67.7 Å². The lowest BCUT2D eigenvalue weighted by Crippen LogP contribution is -2.52. The van der Waals surface area contributed by atoms with Gasteiger partial charge >= 0.3 is 0 Å². The molecule has 0 spiro atoms. The number of rotatable bonds is 9. The first kappa shape index (κ1) is 26.3. The van der Waals surface area contributed by atoms with Crippen molar-refractivity contribution in [2.75, 3.05) is 6.61 Å². The molecule has 1 fully saturated rings. The molecule has 34 heavy (non-hydrogen) atoms. The maximum absolute atomic E-state index is 13.4. The van der Waals surface area contributed by atoms with Crippen LogP contribution in [0.3, 0.4) is 0 Å². The summed E-state index contributed by atoms with van der Waals surface area (Å²) in [7, 11) is 0. The highest BCUT2D eigenvalue weighted by Crippen LogP contribution is 2.26. The average Bonchev–Trinajstić information content (AvgIpc) is 2.82. The molecule has 2 aromatic rings. The molecule has 0 saturated heterocycles. The minimum Gasteiger partial charge on any atom is -0.484 e. The number of ether oxygens (including phenoxy) is 1. The molecule has 0 unspecified atom stereocenters. The molecule has 0 radical (unpaired) electrons. The van der Waals surface area contributed by atoms with Gasteiger partial charge in [0.1, 0.15) is 11.8 Å². The first-order valence-corrected chi connectivity index (χ1v) is 13.1. The number of benzene rings is 2. The summed E-state index contributed by atoms with van der Waals surface area (Å²) in [5.74, 6) is 0.399. The van der Waals surface area contributed by atoms with Crippen molar-refractivity contribution in [2.24, 2.45) is 0 Å². The van der Waals surface area contributed by atoms with E-state index in [2.05, 4.69) is 21.2 Å². The molecular formula is C28H37BrN2O3. The van der Waals surface area contributed by atoms with Gasteiger partial charge in [-0.25, -0.2) is 0 Å². The first-order chi connectivity index (χ1) is 16.3. The summed E-state index contributed by atoms with van der Waals surface area (Å²) in [5.41, 5.74) is 4.26. The van der Waals surface area contributed by atoms with E-state index in [1.165, 1.54) is 6.42 Å². The highest BCUT2D eigenvalue weighted by molar-refractivity contribution is 9.10. The Morgan fingerprint density at radius 1 is 1.06 bits per heavy atom. The van der Waals surface area contributed by atoms with E-state index >= 15 is 0 Å². The molecule has 0 aliphatic heterocycles. The topological polar surface area (TPSA) is 58.6 Å². The van der Waals surface area contributed by atoms with E-state index in [-0.39, 0.29) is 24.5 Å². The van der Waals surface area contributed by atoms with Crippen LogP contribution in [0.4, 0.5) is 0 Å². The van der Waals surface area contributed by atoms with Gasteiger partial charge in [0.05, 0.1) is 0 Å². The molecule has 2 amide bonds. The highest BCUT2D eigenvalue weighted by Gasteiger charge is 2.30. The number of hydrogen-bond donors (Lipinski definition) is 1. The second-order valence-corrected chi connectivity index (χ2v) is 10.2. The van der Waals surface area contributed by atoms with Crippen LogP contribution in [0.15, 0.2) is 40.9 Å². The van der Waals surface area contributed by atoms with Gasteiger partial charge in [-0.15, -0.1) is 0 Å². The first-order valence-electron chi connectivity index (χ1n) is 12.3. The number of nitrogens with one attached hydrogen (secondary N) is 1. The summed E-state index contributed by atoms with van der Waals surface area (Å²) >= 11 is 3.57. The number of nitrogens with zero attached hydrogens (tertiary/aromatic N) is 1. The summed E-state index contributed by atoms with van der Waals surface area (Å²) in [6, 6.07) is 11.6. The zero-order chi connectivity index (χ0) is 24.7. The third-order valence-corrected chi connectivity index (χ3v) is 7.83. The minimum atomic E-state index is -0.535. The van der Waals surface area contributed by atoms with Crippen LogP contribution in [0.5, 0.6) is 5.75 Å². The lowest BCUT2D eigenvalue weighted by molar-refractivity contribution is -0.143. The van der Waals surface area contributed by atoms with E-state index < -0.39 is 6.04 Å². The summed E-state index contributed by atoms with van der Waals surface area (Å²) < 4.78 is 6.94. The van der Waals surface area contributed by atoms with Crippen molar-refractivity contribution in [2.45, 2.75) is 84.8 Å². The van der Waals surface area contributed by atoms with E-state index in [0.717, 1.165) is 52.4 Å². The Hall–Kier alpha value is -2.34. The molecule has 184 valence electrons. The van der Waals surface area contributed by atoms with Crippen molar-refractivity contribution in [3.05, 3.63) is 63.1 Å². The van der Waals surface area contributed by atoms with Crippen LogP contribution in [-0.4, -0.2) is 35.4 Å². The molecule has 1 aliphatic carbocycles. The minimum absolute atomic E-state index is 0.0646. The van der Waals surface area contributed by atoms with Gasteiger partial charge in [-0.05, 0) is 68.9 Å². The Labute approximate surface area is 212 Å². The van der Waals surface area contributed by atoms with Gasteiger partial charge in [-0.3, -0.25) is 9.59 Å². The van der Waals surface area contributed by atoms with Crippen LogP contribution in [0.2, 0.25) is 0 Å². The predicted octanol–water partition coefficient (Wildman–Crippen LogP) is 6.01. The van der Waals surface area contributed by atoms with Gasteiger partial charge in [0.25, 0.3) is 5.91 Å². The molecule has 1 aliphatic rings. The molecule has 1 saturated carbocycles. The second kappa shape index (κ2) is 12.4. The molecule has 1 atom stereocenters.